The molecule has 152 valence electrons. The molecule has 0 atom stereocenters. The lowest BCUT2D eigenvalue weighted by Crippen LogP contribution is -2.45. The first-order valence-electron chi connectivity index (χ1n) is 10.2. The molecule has 1 aliphatic carbocycles. The fraction of sp³-hybridized carbons (Fsp3) is 0.571. The number of nitrogens with zero attached hydrogens (tertiary/aromatic N) is 2. The van der Waals surface area contributed by atoms with Crippen molar-refractivity contribution >= 4 is 15.8 Å². The number of aromatic amines is 1. The molecule has 1 saturated heterocycles. The average molecular weight is 403 g/mol. The third-order valence-electron chi connectivity index (χ3n) is 6.31. The van der Waals surface area contributed by atoms with E-state index in [-0.39, 0.29) is 6.04 Å². The molecular weight excluding hydrogens is 372 g/mol. The first-order valence-corrected chi connectivity index (χ1v) is 11.6. The molecule has 0 amide bonds. The molecule has 1 saturated carbocycles. The van der Waals surface area contributed by atoms with Crippen LogP contribution in [0.3, 0.4) is 0 Å². The van der Waals surface area contributed by atoms with Crippen LogP contribution in [0.5, 0.6) is 0 Å². The van der Waals surface area contributed by atoms with Gasteiger partial charge in [0.2, 0.25) is 10.0 Å². The van der Waals surface area contributed by atoms with E-state index in [0.29, 0.717) is 10.8 Å². The maximum atomic E-state index is 13.1. The van der Waals surface area contributed by atoms with Crippen molar-refractivity contribution in [3.8, 4) is 0 Å². The number of nitrogens with one attached hydrogen (secondary N) is 2. The van der Waals surface area contributed by atoms with Gasteiger partial charge in [0.25, 0.3) is 0 Å². The highest BCUT2D eigenvalue weighted by molar-refractivity contribution is 7.89. The molecule has 0 unspecified atom stereocenters. The monoisotopic (exact) mass is 402 g/mol. The van der Waals surface area contributed by atoms with Gasteiger partial charge in [0.1, 0.15) is 0 Å². The van der Waals surface area contributed by atoms with E-state index in [1.54, 1.807) is 0 Å². The van der Waals surface area contributed by atoms with Gasteiger partial charge < -0.3 is 4.90 Å². The molecule has 7 heteroatoms. The van der Waals surface area contributed by atoms with Gasteiger partial charge in [0, 0.05) is 36.8 Å². The topological polar surface area (TPSA) is 78.1 Å². The van der Waals surface area contributed by atoms with Gasteiger partial charge in [-0.2, -0.15) is 5.10 Å². The summed E-state index contributed by atoms with van der Waals surface area (Å²) in [5, 5.41) is 7.61. The third-order valence-corrected chi connectivity index (χ3v) is 8.10. The number of hydrogen-bond donors (Lipinski definition) is 2. The van der Waals surface area contributed by atoms with E-state index < -0.39 is 10.0 Å². The SMILES string of the molecule is Cc1cc(C)c(C)c(S(=O)(=O)NC2CCN(c3cc(C4CC4)[nH]n3)CC2)c1C. The lowest BCUT2D eigenvalue weighted by atomic mass is 10.0. The Balaban J connectivity index is 1.44. The van der Waals surface area contributed by atoms with Gasteiger partial charge >= 0.3 is 0 Å². The van der Waals surface area contributed by atoms with Gasteiger partial charge in [0.15, 0.2) is 5.82 Å². The van der Waals surface area contributed by atoms with E-state index in [4.69, 9.17) is 0 Å². The Kier molecular flexibility index (Phi) is 5.00. The first-order chi connectivity index (χ1) is 13.3. The van der Waals surface area contributed by atoms with Crippen molar-refractivity contribution in [1.82, 2.24) is 14.9 Å². The molecule has 2 heterocycles. The van der Waals surface area contributed by atoms with Crippen LogP contribution in [-0.2, 0) is 10.0 Å². The molecule has 2 N–H and O–H groups in total. The number of rotatable bonds is 5. The molecule has 2 fully saturated rings. The fourth-order valence-corrected chi connectivity index (χ4v) is 6.10. The minimum Gasteiger partial charge on any atom is -0.355 e. The summed E-state index contributed by atoms with van der Waals surface area (Å²) in [7, 11) is -3.54. The van der Waals surface area contributed by atoms with Crippen LogP contribution in [0.25, 0.3) is 0 Å². The Labute approximate surface area is 167 Å². The number of anilines is 1. The number of benzene rings is 1. The molecule has 28 heavy (non-hydrogen) atoms. The number of aryl methyl sites for hydroxylation is 2. The number of piperidine rings is 1. The Morgan fingerprint density at radius 1 is 1.00 bits per heavy atom. The summed E-state index contributed by atoms with van der Waals surface area (Å²) in [5.74, 6) is 1.65. The van der Waals surface area contributed by atoms with E-state index >= 15 is 0 Å². The Morgan fingerprint density at radius 2 is 1.61 bits per heavy atom. The Morgan fingerprint density at radius 3 is 2.18 bits per heavy atom. The predicted octanol–water partition coefficient (Wildman–Crippen LogP) is 3.47. The average Bonchev–Trinajstić information content (AvgIpc) is 3.37. The van der Waals surface area contributed by atoms with Crippen molar-refractivity contribution in [3.63, 3.8) is 0 Å². The summed E-state index contributed by atoms with van der Waals surface area (Å²) in [6, 6.07) is 4.18. The highest BCUT2D eigenvalue weighted by Crippen LogP contribution is 2.40. The fourth-order valence-electron chi connectivity index (χ4n) is 4.18. The van der Waals surface area contributed by atoms with Crippen molar-refractivity contribution in [1.29, 1.82) is 0 Å². The standard InChI is InChI=1S/C21H30N4O2S/c1-13-11-14(2)16(4)21(15(13)3)28(26,27)24-18-7-9-25(10-8-18)20-12-19(22-23-20)17-5-6-17/h11-12,17-18,24H,5-10H2,1-4H3,(H,22,23). The van der Waals surface area contributed by atoms with Crippen LogP contribution < -0.4 is 9.62 Å². The van der Waals surface area contributed by atoms with Crippen LogP contribution in [-0.4, -0.2) is 37.7 Å². The molecule has 1 aliphatic heterocycles. The highest BCUT2D eigenvalue weighted by Gasteiger charge is 2.30. The maximum absolute atomic E-state index is 13.1. The van der Waals surface area contributed by atoms with Gasteiger partial charge in [-0.15, -0.1) is 0 Å². The normalized spacial score (nSPS) is 18.6. The van der Waals surface area contributed by atoms with Gasteiger partial charge in [-0.25, -0.2) is 13.1 Å². The number of H-pyrrole nitrogens is 1. The maximum Gasteiger partial charge on any atom is 0.241 e. The zero-order chi connectivity index (χ0) is 20.1. The smallest absolute Gasteiger partial charge is 0.241 e. The van der Waals surface area contributed by atoms with Crippen molar-refractivity contribution in [2.75, 3.05) is 18.0 Å². The molecular formula is C21H30N4O2S. The molecule has 0 bridgehead atoms. The summed E-state index contributed by atoms with van der Waals surface area (Å²) in [6.45, 7) is 9.36. The second-order valence-corrected chi connectivity index (χ2v) is 10.1. The van der Waals surface area contributed by atoms with E-state index in [1.807, 2.05) is 27.7 Å². The van der Waals surface area contributed by atoms with Gasteiger partial charge in [-0.05, 0) is 75.6 Å². The van der Waals surface area contributed by atoms with Crippen LogP contribution >= 0.6 is 0 Å². The molecule has 6 nitrogen and oxygen atoms in total. The van der Waals surface area contributed by atoms with Gasteiger partial charge in [-0.1, -0.05) is 6.07 Å². The summed E-state index contributed by atoms with van der Waals surface area (Å²) in [5.41, 5.74) is 4.96. The molecule has 0 radical (unpaired) electrons. The van der Waals surface area contributed by atoms with E-state index in [2.05, 4.69) is 32.0 Å². The highest BCUT2D eigenvalue weighted by atomic mass is 32.2. The van der Waals surface area contributed by atoms with Crippen LogP contribution in [0, 0.1) is 27.7 Å². The zero-order valence-electron chi connectivity index (χ0n) is 17.2. The molecule has 1 aromatic heterocycles. The van der Waals surface area contributed by atoms with Gasteiger partial charge in [-0.3, -0.25) is 5.10 Å². The summed E-state index contributed by atoms with van der Waals surface area (Å²) in [6.07, 6.45) is 4.08. The zero-order valence-corrected chi connectivity index (χ0v) is 18.0. The van der Waals surface area contributed by atoms with Crippen LogP contribution in [0.4, 0.5) is 5.82 Å². The quantitative estimate of drug-likeness (QED) is 0.803. The van der Waals surface area contributed by atoms with E-state index in [0.717, 1.165) is 54.0 Å². The molecule has 2 aliphatic rings. The largest absolute Gasteiger partial charge is 0.355 e. The second kappa shape index (κ2) is 7.19. The summed E-state index contributed by atoms with van der Waals surface area (Å²) < 4.78 is 29.3. The van der Waals surface area contributed by atoms with Gasteiger partial charge in [0.05, 0.1) is 4.90 Å². The Bertz CT molecular complexity index is 958. The van der Waals surface area contributed by atoms with Crippen molar-refractivity contribution < 1.29 is 8.42 Å². The number of sulfonamides is 1. The lowest BCUT2D eigenvalue weighted by molar-refractivity contribution is 0.458. The van der Waals surface area contributed by atoms with Crippen LogP contribution in [0.15, 0.2) is 17.0 Å². The third kappa shape index (κ3) is 3.70. The second-order valence-electron chi connectivity index (χ2n) is 8.43. The molecule has 0 spiro atoms. The number of aromatic nitrogens is 2. The summed E-state index contributed by atoms with van der Waals surface area (Å²) >= 11 is 0. The Hall–Kier alpha value is -1.86. The first kappa shape index (κ1) is 19.5. The van der Waals surface area contributed by atoms with E-state index in [1.165, 1.54) is 18.5 Å². The molecule has 2 aromatic rings. The molecule has 4 rings (SSSR count). The summed E-state index contributed by atoms with van der Waals surface area (Å²) in [4.78, 5) is 2.70. The lowest BCUT2D eigenvalue weighted by Gasteiger charge is -2.32. The minimum atomic E-state index is -3.54. The van der Waals surface area contributed by atoms with Crippen LogP contribution in [0.1, 0.15) is 59.5 Å². The van der Waals surface area contributed by atoms with Crippen molar-refractivity contribution in [3.05, 3.63) is 40.1 Å². The number of hydrogen-bond acceptors (Lipinski definition) is 4. The minimum absolute atomic E-state index is 0.0392. The predicted molar refractivity (Wildman–Crippen MR) is 112 cm³/mol. The van der Waals surface area contributed by atoms with E-state index in [9.17, 15) is 8.42 Å². The van der Waals surface area contributed by atoms with Crippen molar-refractivity contribution in [2.45, 2.75) is 70.2 Å². The van der Waals surface area contributed by atoms with Crippen LogP contribution in [0.2, 0.25) is 0 Å². The molecule has 1 aromatic carbocycles. The van der Waals surface area contributed by atoms with Crippen molar-refractivity contribution in [2.24, 2.45) is 0 Å².